The summed E-state index contributed by atoms with van der Waals surface area (Å²) in [5.74, 6) is -1.55. The van der Waals surface area contributed by atoms with Gasteiger partial charge in [0.15, 0.2) is 6.61 Å². The number of benzene rings is 2. The highest BCUT2D eigenvalue weighted by Crippen LogP contribution is 2.37. The highest BCUT2D eigenvalue weighted by atomic mass is 19.4. The van der Waals surface area contributed by atoms with Gasteiger partial charge >= 0.3 is 12.1 Å². The average molecular weight is 536 g/mol. The van der Waals surface area contributed by atoms with Gasteiger partial charge in [-0.3, -0.25) is 4.79 Å². The van der Waals surface area contributed by atoms with E-state index in [9.17, 15) is 28.3 Å². The van der Waals surface area contributed by atoms with Crippen LogP contribution in [-0.4, -0.2) is 63.4 Å². The number of halogens is 3. The van der Waals surface area contributed by atoms with E-state index in [1.165, 1.54) is 19.2 Å². The Balaban J connectivity index is 2.03. The molecule has 0 aliphatic carbocycles. The Morgan fingerprint density at radius 3 is 2.61 bits per heavy atom. The van der Waals surface area contributed by atoms with Crippen molar-refractivity contribution < 1.29 is 37.3 Å². The number of hydrogen-bond donors (Lipinski definition) is 2. The van der Waals surface area contributed by atoms with Crippen LogP contribution in [0.3, 0.4) is 0 Å². The van der Waals surface area contributed by atoms with Crippen LogP contribution in [0, 0.1) is 11.3 Å². The van der Waals surface area contributed by atoms with Crippen LogP contribution in [0.15, 0.2) is 36.4 Å². The Kier molecular flexibility index (Phi) is 10.2. The first-order valence-corrected chi connectivity index (χ1v) is 12.3. The van der Waals surface area contributed by atoms with E-state index in [0.29, 0.717) is 31.1 Å². The van der Waals surface area contributed by atoms with E-state index in [-0.39, 0.29) is 30.4 Å². The van der Waals surface area contributed by atoms with Crippen LogP contribution in [0.25, 0.3) is 0 Å². The molecule has 0 spiro atoms. The number of nitrogens with zero attached hydrogens (tertiary/aromatic N) is 2. The molecule has 0 unspecified atom stereocenters. The second-order valence-electron chi connectivity index (χ2n) is 9.01. The van der Waals surface area contributed by atoms with Crippen molar-refractivity contribution in [2.45, 2.75) is 44.3 Å². The topological polar surface area (TPSA) is 104 Å². The molecule has 2 N–H and O–H groups in total. The van der Waals surface area contributed by atoms with Crippen molar-refractivity contribution in [2.75, 3.05) is 50.3 Å². The standard InChI is InChI=1S/C27H32F3N3O5/c1-3-33(22-8-10-37-11-9-22)24-7-5-18(20(16-36-2)13-26(34)35)12-23(24)32-21-6-4-19(15-31)25(14-21)38-17-27(28,29)30/h4-7,12,14,20,22,32H,3,8-11,13,16-17H2,1-2H3,(H,34,35)/t20-/m0/s1. The predicted molar refractivity (Wildman–Crippen MR) is 136 cm³/mol. The number of aliphatic carboxylic acids is 1. The van der Waals surface area contributed by atoms with E-state index in [4.69, 9.17) is 14.2 Å². The van der Waals surface area contributed by atoms with Gasteiger partial charge in [0.05, 0.1) is 30.0 Å². The molecule has 0 bridgehead atoms. The fourth-order valence-electron chi connectivity index (χ4n) is 4.59. The molecule has 38 heavy (non-hydrogen) atoms. The molecular weight excluding hydrogens is 503 g/mol. The molecule has 8 nitrogen and oxygen atoms in total. The molecule has 1 aliphatic heterocycles. The van der Waals surface area contributed by atoms with E-state index in [1.807, 2.05) is 31.2 Å². The number of carboxylic acid groups (broad SMARTS) is 1. The van der Waals surface area contributed by atoms with Crippen LogP contribution in [0.2, 0.25) is 0 Å². The lowest BCUT2D eigenvalue weighted by Crippen LogP contribution is -2.39. The van der Waals surface area contributed by atoms with Crippen LogP contribution in [0.1, 0.15) is 43.2 Å². The number of carboxylic acids is 1. The molecule has 0 aromatic heterocycles. The van der Waals surface area contributed by atoms with E-state index in [0.717, 1.165) is 24.1 Å². The third-order valence-electron chi connectivity index (χ3n) is 6.34. The highest BCUT2D eigenvalue weighted by molar-refractivity contribution is 5.78. The third-order valence-corrected chi connectivity index (χ3v) is 6.34. The SMILES string of the molecule is CCN(c1ccc([C@H](COC)CC(=O)O)cc1Nc1ccc(C#N)c(OCC(F)(F)F)c1)C1CCOCC1. The molecule has 1 atom stereocenters. The molecule has 206 valence electrons. The number of rotatable bonds is 12. The molecule has 1 saturated heterocycles. The molecule has 1 heterocycles. The first kappa shape index (κ1) is 29.1. The van der Waals surface area contributed by atoms with Gasteiger partial charge in [0.25, 0.3) is 0 Å². The lowest BCUT2D eigenvalue weighted by molar-refractivity contribution is -0.153. The van der Waals surface area contributed by atoms with Crippen molar-refractivity contribution >= 4 is 23.0 Å². The quantitative estimate of drug-likeness (QED) is 0.370. The maximum atomic E-state index is 12.8. The molecule has 1 aliphatic rings. The minimum absolute atomic E-state index is 0.0206. The smallest absolute Gasteiger partial charge is 0.422 e. The van der Waals surface area contributed by atoms with Gasteiger partial charge in [-0.15, -0.1) is 0 Å². The number of alkyl halides is 3. The Hall–Kier alpha value is -3.49. The molecule has 2 aromatic carbocycles. The zero-order chi connectivity index (χ0) is 27.7. The number of methoxy groups -OCH3 is 1. The molecule has 0 saturated carbocycles. The van der Waals surface area contributed by atoms with E-state index >= 15 is 0 Å². The minimum Gasteiger partial charge on any atom is -0.483 e. The number of anilines is 3. The summed E-state index contributed by atoms with van der Waals surface area (Å²) < 4.78 is 54.0. The van der Waals surface area contributed by atoms with Crippen molar-refractivity contribution in [3.8, 4) is 11.8 Å². The molecule has 3 rings (SSSR count). The van der Waals surface area contributed by atoms with E-state index in [1.54, 1.807) is 6.07 Å². The second kappa shape index (κ2) is 13.3. The summed E-state index contributed by atoms with van der Waals surface area (Å²) in [6, 6.07) is 12.1. The van der Waals surface area contributed by atoms with Gasteiger partial charge in [0.1, 0.15) is 11.8 Å². The highest BCUT2D eigenvalue weighted by Gasteiger charge is 2.29. The van der Waals surface area contributed by atoms with E-state index < -0.39 is 24.7 Å². The van der Waals surface area contributed by atoms with Crippen molar-refractivity contribution in [1.29, 1.82) is 5.26 Å². The molecular formula is C27H32F3N3O5. The van der Waals surface area contributed by atoms with Crippen molar-refractivity contribution in [3.05, 3.63) is 47.5 Å². The summed E-state index contributed by atoms with van der Waals surface area (Å²) in [4.78, 5) is 13.7. The van der Waals surface area contributed by atoms with Gasteiger partial charge in [0.2, 0.25) is 0 Å². The van der Waals surface area contributed by atoms with E-state index in [2.05, 4.69) is 10.2 Å². The molecule has 0 amide bonds. The van der Waals surface area contributed by atoms with Gasteiger partial charge in [0, 0.05) is 50.6 Å². The van der Waals surface area contributed by atoms with Gasteiger partial charge in [-0.05, 0) is 49.6 Å². The first-order chi connectivity index (χ1) is 18.1. The first-order valence-electron chi connectivity index (χ1n) is 12.3. The number of carbonyl (C=O) groups is 1. The Morgan fingerprint density at radius 2 is 2.00 bits per heavy atom. The summed E-state index contributed by atoms with van der Waals surface area (Å²) in [5.41, 5.74) is 2.65. The Bertz CT molecular complexity index is 1130. The zero-order valence-corrected chi connectivity index (χ0v) is 21.4. The Morgan fingerprint density at radius 1 is 1.26 bits per heavy atom. The lowest BCUT2D eigenvalue weighted by Gasteiger charge is -2.37. The normalized spacial score (nSPS) is 14.9. The largest absolute Gasteiger partial charge is 0.483 e. The summed E-state index contributed by atoms with van der Waals surface area (Å²) in [6.45, 7) is 2.71. The van der Waals surface area contributed by atoms with Crippen LogP contribution in [0.5, 0.6) is 5.75 Å². The molecule has 1 fully saturated rings. The lowest BCUT2D eigenvalue weighted by atomic mass is 9.94. The molecule has 0 radical (unpaired) electrons. The maximum Gasteiger partial charge on any atom is 0.422 e. The second-order valence-corrected chi connectivity index (χ2v) is 9.01. The van der Waals surface area contributed by atoms with Gasteiger partial charge in [-0.25, -0.2) is 0 Å². The number of ether oxygens (including phenoxy) is 3. The fourth-order valence-corrected chi connectivity index (χ4v) is 4.59. The zero-order valence-electron chi connectivity index (χ0n) is 21.4. The number of nitrogens with one attached hydrogen (secondary N) is 1. The van der Waals surface area contributed by atoms with Crippen LogP contribution in [0.4, 0.5) is 30.2 Å². The monoisotopic (exact) mass is 535 g/mol. The number of nitriles is 1. The van der Waals surface area contributed by atoms with Crippen molar-refractivity contribution in [2.24, 2.45) is 0 Å². The van der Waals surface area contributed by atoms with Crippen molar-refractivity contribution in [3.63, 3.8) is 0 Å². The summed E-state index contributed by atoms with van der Waals surface area (Å²) in [6.07, 6.45) is -3.00. The third kappa shape index (κ3) is 8.00. The fraction of sp³-hybridized carbons (Fsp3) is 0.481. The van der Waals surface area contributed by atoms with Gasteiger partial charge in [-0.2, -0.15) is 18.4 Å². The van der Waals surface area contributed by atoms with Crippen molar-refractivity contribution in [1.82, 2.24) is 0 Å². The maximum absolute atomic E-state index is 12.8. The minimum atomic E-state index is -4.55. The number of hydrogen-bond acceptors (Lipinski definition) is 7. The van der Waals surface area contributed by atoms with Crippen LogP contribution >= 0.6 is 0 Å². The summed E-state index contributed by atoms with van der Waals surface area (Å²) >= 11 is 0. The Labute approximate surface area is 219 Å². The van der Waals surface area contributed by atoms with Crippen LogP contribution < -0.4 is 15.0 Å². The molecule has 11 heteroatoms. The average Bonchev–Trinajstić information content (AvgIpc) is 2.88. The van der Waals surface area contributed by atoms with Gasteiger partial charge in [-0.1, -0.05) is 6.07 Å². The predicted octanol–water partition coefficient (Wildman–Crippen LogP) is 5.45. The summed E-state index contributed by atoms with van der Waals surface area (Å²) in [7, 11) is 1.51. The van der Waals surface area contributed by atoms with Crippen LogP contribution in [-0.2, 0) is 14.3 Å². The van der Waals surface area contributed by atoms with Gasteiger partial charge < -0.3 is 29.5 Å². The molecule has 2 aromatic rings. The summed E-state index contributed by atoms with van der Waals surface area (Å²) in [5, 5.41) is 22.0.